The third-order valence-corrected chi connectivity index (χ3v) is 4.61. The molecule has 2 aromatic rings. The molecule has 27 heavy (non-hydrogen) atoms. The maximum Gasteiger partial charge on any atom is 0.244 e. The second-order valence-corrected chi connectivity index (χ2v) is 6.84. The minimum atomic E-state index is -0.319. The molecule has 4 nitrogen and oxygen atoms in total. The van der Waals surface area contributed by atoms with Crippen LogP contribution in [0.3, 0.4) is 0 Å². The molecule has 1 N–H and O–H groups in total. The summed E-state index contributed by atoms with van der Waals surface area (Å²) in [5, 5.41) is 2.96. The maximum atomic E-state index is 13.2. The van der Waals surface area contributed by atoms with E-state index >= 15 is 0 Å². The Kier molecular flexibility index (Phi) is 6.24. The molecule has 0 spiro atoms. The SMILES string of the molecule is CC(NC(=O)C=Cc1cccc(F)c1)c1cccc(N2CCO[C@@H](C)C2)c1. The lowest BCUT2D eigenvalue weighted by molar-refractivity contribution is -0.117. The summed E-state index contributed by atoms with van der Waals surface area (Å²) in [7, 11) is 0. The first-order valence-electron chi connectivity index (χ1n) is 9.22. The molecule has 0 aromatic heterocycles. The van der Waals surface area contributed by atoms with Gasteiger partial charge < -0.3 is 15.0 Å². The van der Waals surface area contributed by atoms with Gasteiger partial charge in [0, 0.05) is 24.9 Å². The molecule has 1 aliphatic rings. The number of anilines is 1. The number of carbonyl (C=O) groups excluding carboxylic acids is 1. The minimum absolute atomic E-state index is 0.131. The Labute approximate surface area is 159 Å². The Morgan fingerprint density at radius 1 is 1.30 bits per heavy atom. The second kappa shape index (κ2) is 8.82. The van der Waals surface area contributed by atoms with E-state index < -0.39 is 0 Å². The number of benzene rings is 2. The van der Waals surface area contributed by atoms with Gasteiger partial charge in [0.2, 0.25) is 5.91 Å². The van der Waals surface area contributed by atoms with E-state index in [1.165, 1.54) is 18.2 Å². The molecule has 1 heterocycles. The number of halogens is 1. The van der Waals surface area contributed by atoms with Crippen LogP contribution in [0.25, 0.3) is 6.08 Å². The van der Waals surface area contributed by atoms with Crippen molar-refractivity contribution in [2.24, 2.45) is 0 Å². The number of amides is 1. The first-order chi connectivity index (χ1) is 13.0. The molecule has 5 heteroatoms. The first kappa shape index (κ1) is 19.1. The highest BCUT2D eigenvalue weighted by atomic mass is 19.1. The number of hydrogen-bond acceptors (Lipinski definition) is 3. The zero-order valence-electron chi connectivity index (χ0n) is 15.7. The van der Waals surface area contributed by atoms with Crippen molar-refractivity contribution < 1.29 is 13.9 Å². The van der Waals surface area contributed by atoms with E-state index in [1.54, 1.807) is 18.2 Å². The van der Waals surface area contributed by atoms with E-state index in [0.717, 1.165) is 30.9 Å². The molecular formula is C22H25FN2O2. The molecular weight excluding hydrogens is 343 g/mol. The molecule has 2 atom stereocenters. The van der Waals surface area contributed by atoms with Gasteiger partial charge in [-0.25, -0.2) is 4.39 Å². The molecule has 1 unspecified atom stereocenters. The van der Waals surface area contributed by atoms with E-state index in [-0.39, 0.29) is 23.9 Å². The molecule has 0 aliphatic carbocycles. The van der Waals surface area contributed by atoms with Gasteiger partial charge in [-0.15, -0.1) is 0 Å². The van der Waals surface area contributed by atoms with Crippen molar-refractivity contribution in [3.63, 3.8) is 0 Å². The molecule has 1 aliphatic heterocycles. The van der Waals surface area contributed by atoms with Crippen LogP contribution in [0.1, 0.15) is 31.0 Å². The number of carbonyl (C=O) groups is 1. The lowest BCUT2D eigenvalue weighted by Crippen LogP contribution is -2.41. The summed E-state index contributed by atoms with van der Waals surface area (Å²) in [4.78, 5) is 14.5. The maximum absolute atomic E-state index is 13.2. The highest BCUT2D eigenvalue weighted by molar-refractivity contribution is 5.92. The van der Waals surface area contributed by atoms with E-state index in [4.69, 9.17) is 4.74 Å². The average molecular weight is 368 g/mol. The zero-order valence-corrected chi connectivity index (χ0v) is 15.7. The molecule has 142 valence electrons. The predicted molar refractivity (Wildman–Crippen MR) is 106 cm³/mol. The normalized spacial score (nSPS) is 18.5. The number of rotatable bonds is 5. The molecule has 1 amide bonds. The van der Waals surface area contributed by atoms with Crippen molar-refractivity contribution in [2.75, 3.05) is 24.6 Å². The highest BCUT2D eigenvalue weighted by Crippen LogP contribution is 2.22. The predicted octanol–water partition coefficient (Wildman–Crippen LogP) is 3.94. The Morgan fingerprint density at radius 2 is 2.11 bits per heavy atom. The van der Waals surface area contributed by atoms with Crippen molar-refractivity contribution in [1.82, 2.24) is 5.32 Å². The summed E-state index contributed by atoms with van der Waals surface area (Å²) in [5.41, 5.74) is 2.83. The number of morpholine rings is 1. The number of hydrogen-bond donors (Lipinski definition) is 1. The van der Waals surface area contributed by atoms with E-state index in [2.05, 4.69) is 29.3 Å². The minimum Gasteiger partial charge on any atom is -0.375 e. The van der Waals surface area contributed by atoms with Gasteiger partial charge in [-0.05, 0) is 55.3 Å². The van der Waals surface area contributed by atoms with Gasteiger partial charge in [-0.1, -0.05) is 24.3 Å². The van der Waals surface area contributed by atoms with Crippen LogP contribution in [-0.4, -0.2) is 31.7 Å². The zero-order chi connectivity index (χ0) is 19.2. The summed E-state index contributed by atoms with van der Waals surface area (Å²) in [6.07, 6.45) is 3.25. The van der Waals surface area contributed by atoms with Gasteiger partial charge in [-0.3, -0.25) is 4.79 Å². The van der Waals surface area contributed by atoms with Crippen molar-refractivity contribution in [3.05, 3.63) is 71.6 Å². The van der Waals surface area contributed by atoms with Gasteiger partial charge >= 0.3 is 0 Å². The fourth-order valence-corrected chi connectivity index (χ4v) is 3.17. The van der Waals surface area contributed by atoms with E-state index in [0.29, 0.717) is 5.56 Å². The Bertz CT molecular complexity index is 821. The molecule has 0 radical (unpaired) electrons. The summed E-state index contributed by atoms with van der Waals surface area (Å²) in [5.74, 6) is -0.530. The van der Waals surface area contributed by atoms with Gasteiger partial charge in [0.1, 0.15) is 5.82 Å². The Morgan fingerprint density at radius 3 is 2.89 bits per heavy atom. The van der Waals surface area contributed by atoms with Crippen LogP contribution in [0, 0.1) is 5.82 Å². The largest absolute Gasteiger partial charge is 0.375 e. The summed E-state index contributed by atoms with van der Waals surface area (Å²) < 4.78 is 18.8. The lowest BCUT2D eigenvalue weighted by Gasteiger charge is -2.33. The van der Waals surface area contributed by atoms with Crippen LogP contribution < -0.4 is 10.2 Å². The lowest BCUT2D eigenvalue weighted by atomic mass is 10.1. The van der Waals surface area contributed by atoms with Gasteiger partial charge in [0.25, 0.3) is 0 Å². The molecule has 2 aromatic carbocycles. The van der Waals surface area contributed by atoms with Crippen molar-refractivity contribution >= 4 is 17.7 Å². The summed E-state index contributed by atoms with van der Waals surface area (Å²) in [6.45, 7) is 6.48. The van der Waals surface area contributed by atoms with Crippen LogP contribution in [0.5, 0.6) is 0 Å². The Balaban J connectivity index is 1.62. The number of nitrogens with zero attached hydrogens (tertiary/aromatic N) is 1. The molecule has 0 saturated carbocycles. The molecule has 0 bridgehead atoms. The summed E-state index contributed by atoms with van der Waals surface area (Å²) in [6, 6.07) is 14.2. The molecule has 1 fully saturated rings. The Hall–Kier alpha value is -2.66. The van der Waals surface area contributed by atoms with Crippen LogP contribution in [0.4, 0.5) is 10.1 Å². The van der Waals surface area contributed by atoms with Crippen LogP contribution in [0.15, 0.2) is 54.6 Å². The standard InChI is InChI=1S/C22H25FN2O2/c1-16-15-25(11-12-27-16)21-8-4-6-19(14-21)17(2)24-22(26)10-9-18-5-3-7-20(23)13-18/h3-10,13-14,16-17H,11-12,15H2,1-2H3,(H,24,26)/t16-,17?/m0/s1. The first-order valence-corrected chi connectivity index (χ1v) is 9.22. The fraction of sp³-hybridized carbons (Fsp3) is 0.318. The topological polar surface area (TPSA) is 41.6 Å². The molecule has 1 saturated heterocycles. The smallest absolute Gasteiger partial charge is 0.244 e. The monoisotopic (exact) mass is 368 g/mol. The highest BCUT2D eigenvalue weighted by Gasteiger charge is 2.18. The van der Waals surface area contributed by atoms with Crippen molar-refractivity contribution in [1.29, 1.82) is 0 Å². The third kappa shape index (κ3) is 5.41. The third-order valence-electron chi connectivity index (χ3n) is 4.61. The van der Waals surface area contributed by atoms with Gasteiger partial charge in [-0.2, -0.15) is 0 Å². The molecule has 3 rings (SSSR count). The van der Waals surface area contributed by atoms with Gasteiger partial charge in [0.15, 0.2) is 0 Å². The number of nitrogens with one attached hydrogen (secondary N) is 1. The van der Waals surface area contributed by atoms with Crippen LogP contribution >= 0.6 is 0 Å². The van der Waals surface area contributed by atoms with E-state index in [9.17, 15) is 9.18 Å². The quantitative estimate of drug-likeness (QED) is 0.813. The average Bonchev–Trinajstić information content (AvgIpc) is 2.66. The van der Waals surface area contributed by atoms with Crippen LogP contribution in [-0.2, 0) is 9.53 Å². The van der Waals surface area contributed by atoms with Crippen molar-refractivity contribution in [2.45, 2.75) is 26.0 Å². The van der Waals surface area contributed by atoms with E-state index in [1.807, 2.05) is 19.1 Å². The van der Waals surface area contributed by atoms with Crippen LogP contribution in [0.2, 0.25) is 0 Å². The second-order valence-electron chi connectivity index (χ2n) is 6.84. The van der Waals surface area contributed by atoms with Crippen molar-refractivity contribution in [3.8, 4) is 0 Å². The fourth-order valence-electron chi connectivity index (χ4n) is 3.17. The van der Waals surface area contributed by atoms with Gasteiger partial charge in [0.05, 0.1) is 18.8 Å². The number of ether oxygens (including phenoxy) is 1. The summed E-state index contributed by atoms with van der Waals surface area (Å²) >= 11 is 0.